The van der Waals surface area contributed by atoms with Gasteiger partial charge in [-0.1, -0.05) is 19.9 Å². The Morgan fingerprint density at radius 2 is 1.87 bits per heavy atom. The van der Waals surface area contributed by atoms with Crippen molar-refractivity contribution in [3.63, 3.8) is 0 Å². The molecule has 0 aromatic heterocycles. The third kappa shape index (κ3) is 3.27. The molecule has 1 aromatic carbocycles. The molecule has 1 aromatic rings. The summed E-state index contributed by atoms with van der Waals surface area (Å²) in [5.74, 6) is -1.10. The van der Waals surface area contributed by atoms with Crippen LogP contribution in [0.5, 0.6) is 0 Å². The van der Waals surface area contributed by atoms with E-state index < -0.39 is 11.6 Å². The Morgan fingerprint density at radius 1 is 1.20 bits per heavy atom. The number of rotatable bonds is 4. The second-order valence-electron chi connectivity index (χ2n) is 4.09. The second kappa shape index (κ2) is 5.21. The zero-order valence-corrected chi connectivity index (χ0v) is 9.35. The first-order valence-electron chi connectivity index (χ1n) is 5.15. The summed E-state index contributed by atoms with van der Waals surface area (Å²) < 4.78 is 25.6. The lowest BCUT2D eigenvalue weighted by Crippen LogP contribution is -2.32. The van der Waals surface area contributed by atoms with Gasteiger partial charge in [0.1, 0.15) is 0 Å². The lowest BCUT2D eigenvalue weighted by atomic mass is 9.96. The fraction of sp³-hybridized carbons (Fsp3) is 0.500. The minimum atomic E-state index is -0.788. The lowest BCUT2D eigenvalue weighted by Gasteiger charge is -2.20. The highest BCUT2D eigenvalue weighted by atomic mass is 19.2. The van der Waals surface area contributed by atoms with E-state index in [-0.39, 0.29) is 6.04 Å². The van der Waals surface area contributed by atoms with Crippen molar-refractivity contribution in [2.45, 2.75) is 26.3 Å². The van der Waals surface area contributed by atoms with Gasteiger partial charge in [-0.05, 0) is 37.1 Å². The first-order chi connectivity index (χ1) is 7.04. The van der Waals surface area contributed by atoms with E-state index in [1.165, 1.54) is 12.1 Å². The predicted octanol–water partition coefficient (Wildman–Crippen LogP) is 2.75. The van der Waals surface area contributed by atoms with Crippen LogP contribution < -0.4 is 5.32 Å². The van der Waals surface area contributed by atoms with Gasteiger partial charge in [-0.2, -0.15) is 0 Å². The first kappa shape index (κ1) is 12.1. The Bertz CT molecular complexity index is 323. The summed E-state index contributed by atoms with van der Waals surface area (Å²) in [6.07, 6.45) is 0.714. The van der Waals surface area contributed by atoms with Gasteiger partial charge in [0, 0.05) is 6.04 Å². The van der Waals surface area contributed by atoms with Gasteiger partial charge in [-0.3, -0.25) is 0 Å². The Kier molecular flexibility index (Phi) is 4.21. The van der Waals surface area contributed by atoms with E-state index in [0.717, 1.165) is 5.56 Å². The van der Waals surface area contributed by atoms with Gasteiger partial charge in [0.05, 0.1) is 0 Å². The molecule has 0 spiro atoms. The summed E-state index contributed by atoms with van der Waals surface area (Å²) in [7, 11) is 1.88. The number of nitrogens with one attached hydrogen (secondary N) is 1. The fourth-order valence-electron chi connectivity index (χ4n) is 1.59. The van der Waals surface area contributed by atoms with Crippen molar-refractivity contribution in [3.8, 4) is 0 Å². The normalized spacial score (nSPS) is 13.2. The highest BCUT2D eigenvalue weighted by molar-refractivity contribution is 5.18. The molecule has 1 nitrogen and oxygen atoms in total. The minimum absolute atomic E-state index is 0.287. The first-order valence-corrected chi connectivity index (χ1v) is 5.15. The van der Waals surface area contributed by atoms with Gasteiger partial charge in [0.2, 0.25) is 0 Å². The predicted molar refractivity (Wildman–Crippen MR) is 57.7 cm³/mol. The van der Waals surface area contributed by atoms with Crippen LogP contribution >= 0.6 is 0 Å². The van der Waals surface area contributed by atoms with E-state index in [2.05, 4.69) is 19.2 Å². The maximum Gasteiger partial charge on any atom is 0.159 e. The topological polar surface area (TPSA) is 12.0 Å². The van der Waals surface area contributed by atoms with Gasteiger partial charge < -0.3 is 5.32 Å². The zero-order valence-electron chi connectivity index (χ0n) is 9.35. The molecule has 0 saturated heterocycles. The Morgan fingerprint density at radius 3 is 2.33 bits per heavy atom. The molecule has 1 rings (SSSR count). The van der Waals surface area contributed by atoms with Crippen molar-refractivity contribution in [2.24, 2.45) is 5.92 Å². The molecule has 1 unspecified atom stereocenters. The summed E-state index contributed by atoms with van der Waals surface area (Å²) in [5.41, 5.74) is 0.821. The summed E-state index contributed by atoms with van der Waals surface area (Å²) >= 11 is 0. The molecule has 15 heavy (non-hydrogen) atoms. The van der Waals surface area contributed by atoms with Crippen LogP contribution in [-0.4, -0.2) is 13.1 Å². The molecule has 0 amide bonds. The molecule has 0 bridgehead atoms. The fourth-order valence-corrected chi connectivity index (χ4v) is 1.59. The van der Waals surface area contributed by atoms with E-state index >= 15 is 0 Å². The lowest BCUT2D eigenvalue weighted by molar-refractivity contribution is 0.423. The molecular formula is C12H17F2N. The molecule has 0 saturated carbocycles. The van der Waals surface area contributed by atoms with E-state index in [9.17, 15) is 8.78 Å². The number of benzene rings is 1. The largest absolute Gasteiger partial charge is 0.316 e. The van der Waals surface area contributed by atoms with Crippen molar-refractivity contribution < 1.29 is 8.78 Å². The maximum absolute atomic E-state index is 12.9. The van der Waals surface area contributed by atoms with Crippen molar-refractivity contribution in [1.82, 2.24) is 5.32 Å². The highest BCUT2D eigenvalue weighted by Gasteiger charge is 2.12. The van der Waals surface area contributed by atoms with Gasteiger partial charge >= 0.3 is 0 Å². The van der Waals surface area contributed by atoms with Gasteiger partial charge in [0.25, 0.3) is 0 Å². The van der Waals surface area contributed by atoms with Crippen LogP contribution in [0.1, 0.15) is 19.4 Å². The summed E-state index contributed by atoms with van der Waals surface area (Å²) in [6.45, 7) is 4.20. The van der Waals surface area contributed by atoms with Crippen LogP contribution in [0.15, 0.2) is 18.2 Å². The van der Waals surface area contributed by atoms with Crippen molar-refractivity contribution in [2.75, 3.05) is 7.05 Å². The zero-order chi connectivity index (χ0) is 11.4. The van der Waals surface area contributed by atoms with Crippen molar-refractivity contribution >= 4 is 0 Å². The molecule has 0 aliphatic heterocycles. The van der Waals surface area contributed by atoms with Gasteiger partial charge in [-0.25, -0.2) is 8.78 Å². The number of hydrogen-bond acceptors (Lipinski definition) is 1. The second-order valence-corrected chi connectivity index (χ2v) is 4.09. The highest BCUT2D eigenvalue weighted by Crippen LogP contribution is 2.13. The SMILES string of the molecule is CNC(Cc1ccc(F)c(F)c1)C(C)C. The average molecular weight is 213 g/mol. The van der Waals surface area contributed by atoms with Crippen LogP contribution in [0, 0.1) is 17.6 Å². The summed E-state index contributed by atoms with van der Waals surface area (Å²) in [4.78, 5) is 0. The van der Waals surface area contributed by atoms with Crippen LogP contribution in [0.3, 0.4) is 0 Å². The molecule has 3 heteroatoms. The minimum Gasteiger partial charge on any atom is -0.316 e. The molecule has 0 heterocycles. The van der Waals surface area contributed by atoms with E-state index in [4.69, 9.17) is 0 Å². The third-order valence-corrected chi connectivity index (χ3v) is 2.62. The van der Waals surface area contributed by atoms with Crippen LogP contribution in [0.4, 0.5) is 8.78 Å². The van der Waals surface area contributed by atoms with Crippen molar-refractivity contribution in [3.05, 3.63) is 35.4 Å². The molecular weight excluding hydrogens is 196 g/mol. The summed E-state index contributed by atoms with van der Waals surface area (Å²) in [5, 5.41) is 3.17. The van der Waals surface area contributed by atoms with Gasteiger partial charge in [-0.15, -0.1) is 0 Å². The molecule has 1 atom stereocenters. The molecule has 1 N–H and O–H groups in total. The Hall–Kier alpha value is -0.960. The van der Waals surface area contributed by atoms with E-state index in [1.54, 1.807) is 6.07 Å². The molecule has 84 valence electrons. The van der Waals surface area contributed by atoms with Gasteiger partial charge in [0.15, 0.2) is 11.6 Å². The van der Waals surface area contributed by atoms with Crippen LogP contribution in [-0.2, 0) is 6.42 Å². The molecule has 0 fully saturated rings. The molecule has 0 radical (unpaired) electrons. The van der Waals surface area contributed by atoms with E-state index in [1.807, 2.05) is 7.05 Å². The van der Waals surface area contributed by atoms with Crippen LogP contribution in [0.25, 0.3) is 0 Å². The molecule has 0 aliphatic carbocycles. The molecule has 0 aliphatic rings. The quantitative estimate of drug-likeness (QED) is 0.811. The number of halogens is 2. The third-order valence-electron chi connectivity index (χ3n) is 2.62. The summed E-state index contributed by atoms with van der Waals surface area (Å²) in [6, 6.07) is 4.36. The standard InChI is InChI=1S/C12H17F2N/c1-8(2)12(15-3)7-9-4-5-10(13)11(14)6-9/h4-6,8,12,15H,7H2,1-3H3. The average Bonchev–Trinajstić information content (AvgIpc) is 2.19. The number of hydrogen-bond donors (Lipinski definition) is 1. The maximum atomic E-state index is 12.9. The Balaban J connectivity index is 2.75. The van der Waals surface area contributed by atoms with Crippen molar-refractivity contribution in [1.29, 1.82) is 0 Å². The number of likely N-dealkylation sites (N-methyl/N-ethyl adjacent to an activating group) is 1. The van der Waals surface area contributed by atoms with E-state index in [0.29, 0.717) is 12.3 Å². The smallest absolute Gasteiger partial charge is 0.159 e. The Labute approximate surface area is 89.5 Å². The van der Waals surface area contributed by atoms with Crippen LogP contribution in [0.2, 0.25) is 0 Å². The monoisotopic (exact) mass is 213 g/mol.